The van der Waals surface area contributed by atoms with Gasteiger partial charge in [0.15, 0.2) is 0 Å². The van der Waals surface area contributed by atoms with Crippen molar-refractivity contribution in [1.82, 2.24) is 9.97 Å². The Morgan fingerprint density at radius 3 is 2.70 bits per heavy atom. The minimum atomic E-state index is 0.691. The molecular formula is C16H25N3S. The number of anilines is 1. The van der Waals surface area contributed by atoms with E-state index in [2.05, 4.69) is 39.1 Å². The molecule has 0 amide bonds. The van der Waals surface area contributed by atoms with Crippen LogP contribution in [0.2, 0.25) is 0 Å². The van der Waals surface area contributed by atoms with Crippen LogP contribution in [-0.2, 0) is 12.8 Å². The third-order valence-electron chi connectivity index (χ3n) is 3.33. The van der Waals surface area contributed by atoms with Gasteiger partial charge in [-0.1, -0.05) is 27.7 Å². The second-order valence-corrected chi connectivity index (χ2v) is 6.75. The quantitative estimate of drug-likeness (QED) is 0.806. The van der Waals surface area contributed by atoms with Gasteiger partial charge >= 0.3 is 0 Å². The molecular weight excluding hydrogens is 266 g/mol. The number of aryl methyl sites for hydroxylation is 2. The summed E-state index contributed by atoms with van der Waals surface area (Å²) in [6.07, 6.45) is 4.28. The van der Waals surface area contributed by atoms with Gasteiger partial charge in [0.25, 0.3) is 0 Å². The molecule has 1 N–H and O–H groups in total. The maximum absolute atomic E-state index is 4.75. The van der Waals surface area contributed by atoms with E-state index in [-0.39, 0.29) is 0 Å². The van der Waals surface area contributed by atoms with Gasteiger partial charge in [0.05, 0.1) is 5.39 Å². The summed E-state index contributed by atoms with van der Waals surface area (Å²) in [5.74, 6) is 2.69. The van der Waals surface area contributed by atoms with Gasteiger partial charge in [-0.05, 0) is 31.2 Å². The number of hydrogen-bond donors (Lipinski definition) is 1. The van der Waals surface area contributed by atoms with Gasteiger partial charge in [0, 0.05) is 17.8 Å². The van der Waals surface area contributed by atoms with Crippen LogP contribution in [0.3, 0.4) is 0 Å². The summed E-state index contributed by atoms with van der Waals surface area (Å²) < 4.78 is 0. The highest BCUT2D eigenvalue weighted by molar-refractivity contribution is 7.18. The zero-order chi connectivity index (χ0) is 14.5. The molecule has 0 atom stereocenters. The van der Waals surface area contributed by atoms with Gasteiger partial charge in [-0.15, -0.1) is 11.3 Å². The average Bonchev–Trinajstić information content (AvgIpc) is 2.85. The molecule has 0 unspecified atom stereocenters. The maximum Gasteiger partial charge on any atom is 0.138 e. The Kier molecular flexibility index (Phi) is 5.35. The van der Waals surface area contributed by atoms with Crippen LogP contribution < -0.4 is 5.32 Å². The van der Waals surface area contributed by atoms with Crippen molar-refractivity contribution >= 4 is 27.4 Å². The first-order chi connectivity index (χ1) is 9.63. The Morgan fingerprint density at radius 1 is 1.25 bits per heavy atom. The van der Waals surface area contributed by atoms with E-state index >= 15 is 0 Å². The van der Waals surface area contributed by atoms with E-state index in [1.165, 1.54) is 10.3 Å². The highest BCUT2D eigenvalue weighted by Gasteiger charge is 2.11. The minimum Gasteiger partial charge on any atom is -0.369 e. The van der Waals surface area contributed by atoms with Crippen molar-refractivity contribution in [2.24, 2.45) is 5.92 Å². The van der Waals surface area contributed by atoms with Crippen LogP contribution in [0.25, 0.3) is 10.2 Å². The third-order valence-corrected chi connectivity index (χ3v) is 4.50. The van der Waals surface area contributed by atoms with Gasteiger partial charge < -0.3 is 5.32 Å². The molecule has 0 bridgehead atoms. The summed E-state index contributed by atoms with van der Waals surface area (Å²) in [6.45, 7) is 9.82. The van der Waals surface area contributed by atoms with Crippen LogP contribution in [0.4, 0.5) is 5.82 Å². The molecule has 0 aliphatic heterocycles. The molecule has 2 heterocycles. The summed E-state index contributed by atoms with van der Waals surface area (Å²) in [5.41, 5.74) is 0. The fraction of sp³-hybridized carbons (Fsp3) is 0.625. The molecule has 2 aromatic heterocycles. The number of thiophene rings is 1. The summed E-state index contributed by atoms with van der Waals surface area (Å²) in [7, 11) is 0. The van der Waals surface area contributed by atoms with Gasteiger partial charge in [0.2, 0.25) is 0 Å². The molecule has 0 fully saturated rings. The molecule has 0 aliphatic carbocycles. The molecule has 110 valence electrons. The molecule has 3 nitrogen and oxygen atoms in total. The van der Waals surface area contributed by atoms with Crippen molar-refractivity contribution in [1.29, 1.82) is 0 Å². The maximum atomic E-state index is 4.75. The van der Waals surface area contributed by atoms with Gasteiger partial charge in [-0.3, -0.25) is 0 Å². The predicted molar refractivity (Wildman–Crippen MR) is 88.7 cm³/mol. The number of hydrogen-bond acceptors (Lipinski definition) is 4. The van der Waals surface area contributed by atoms with Crippen molar-refractivity contribution in [3.63, 3.8) is 0 Å². The molecule has 2 rings (SSSR count). The van der Waals surface area contributed by atoms with Crippen LogP contribution >= 0.6 is 11.3 Å². The smallest absolute Gasteiger partial charge is 0.138 e. The normalized spacial score (nSPS) is 11.4. The lowest BCUT2D eigenvalue weighted by Crippen LogP contribution is -2.06. The molecule has 0 spiro atoms. The van der Waals surface area contributed by atoms with Crippen molar-refractivity contribution in [2.75, 3.05) is 11.9 Å². The van der Waals surface area contributed by atoms with Crippen molar-refractivity contribution in [3.05, 3.63) is 16.8 Å². The number of fused-ring (bicyclic) bond motifs is 1. The van der Waals surface area contributed by atoms with E-state index in [4.69, 9.17) is 9.97 Å². The summed E-state index contributed by atoms with van der Waals surface area (Å²) in [4.78, 5) is 12.0. The first kappa shape index (κ1) is 15.2. The van der Waals surface area contributed by atoms with E-state index in [0.29, 0.717) is 5.92 Å². The Labute approximate surface area is 125 Å². The molecule has 0 saturated carbocycles. The van der Waals surface area contributed by atoms with Crippen LogP contribution in [0, 0.1) is 5.92 Å². The largest absolute Gasteiger partial charge is 0.369 e. The number of nitrogens with zero attached hydrogens (tertiary/aromatic N) is 2. The zero-order valence-corrected chi connectivity index (χ0v) is 13.8. The van der Waals surface area contributed by atoms with Gasteiger partial charge in [-0.2, -0.15) is 0 Å². The highest BCUT2D eigenvalue weighted by Crippen LogP contribution is 2.29. The van der Waals surface area contributed by atoms with Crippen LogP contribution in [-0.4, -0.2) is 16.5 Å². The molecule has 4 heteroatoms. The lowest BCUT2D eigenvalue weighted by Gasteiger charge is -2.08. The van der Waals surface area contributed by atoms with E-state index in [0.717, 1.165) is 48.7 Å². The minimum absolute atomic E-state index is 0.691. The van der Waals surface area contributed by atoms with Crippen LogP contribution in [0.5, 0.6) is 0 Å². The first-order valence-corrected chi connectivity index (χ1v) is 8.48. The zero-order valence-electron chi connectivity index (χ0n) is 13.0. The van der Waals surface area contributed by atoms with Crippen LogP contribution in [0.1, 0.15) is 51.2 Å². The Hall–Kier alpha value is -1.16. The SMILES string of the molecule is CCCNc1nc(CCC(C)C)nc2sc(CC)cc12. The van der Waals surface area contributed by atoms with Crippen LogP contribution in [0.15, 0.2) is 6.07 Å². The standard InChI is InChI=1S/C16H25N3S/c1-5-9-17-15-13-10-12(6-2)20-16(13)19-14(18-15)8-7-11(3)4/h10-11H,5-9H2,1-4H3,(H,17,18,19). The molecule has 20 heavy (non-hydrogen) atoms. The number of nitrogens with one attached hydrogen (secondary N) is 1. The molecule has 0 radical (unpaired) electrons. The average molecular weight is 291 g/mol. The predicted octanol–water partition coefficient (Wildman–Crippen LogP) is 4.66. The summed E-state index contributed by atoms with van der Waals surface area (Å²) in [6, 6.07) is 2.24. The fourth-order valence-electron chi connectivity index (χ4n) is 2.10. The second-order valence-electron chi connectivity index (χ2n) is 5.63. The van der Waals surface area contributed by atoms with Crippen molar-refractivity contribution in [3.8, 4) is 0 Å². The van der Waals surface area contributed by atoms with Crippen molar-refractivity contribution in [2.45, 2.75) is 53.4 Å². The highest BCUT2D eigenvalue weighted by atomic mass is 32.1. The monoisotopic (exact) mass is 291 g/mol. The van der Waals surface area contributed by atoms with E-state index < -0.39 is 0 Å². The molecule has 0 saturated heterocycles. The van der Waals surface area contributed by atoms with Gasteiger partial charge in [0.1, 0.15) is 16.5 Å². The van der Waals surface area contributed by atoms with E-state index in [1.54, 1.807) is 11.3 Å². The lowest BCUT2D eigenvalue weighted by molar-refractivity contribution is 0.576. The topological polar surface area (TPSA) is 37.8 Å². The van der Waals surface area contributed by atoms with Gasteiger partial charge in [-0.25, -0.2) is 9.97 Å². The van der Waals surface area contributed by atoms with E-state index in [1.807, 2.05) is 0 Å². The molecule has 2 aromatic rings. The van der Waals surface area contributed by atoms with Crippen molar-refractivity contribution < 1.29 is 0 Å². The fourth-order valence-corrected chi connectivity index (χ4v) is 3.08. The van der Waals surface area contributed by atoms with E-state index in [9.17, 15) is 0 Å². The summed E-state index contributed by atoms with van der Waals surface area (Å²) in [5, 5.41) is 4.65. The summed E-state index contributed by atoms with van der Waals surface area (Å²) >= 11 is 1.80. The number of aromatic nitrogens is 2. The Bertz CT molecular complexity index is 560. The first-order valence-electron chi connectivity index (χ1n) is 7.67. The Morgan fingerprint density at radius 2 is 2.05 bits per heavy atom. The molecule has 0 aromatic carbocycles. The second kappa shape index (κ2) is 7.02. The Balaban J connectivity index is 2.34. The third kappa shape index (κ3) is 3.69. The lowest BCUT2D eigenvalue weighted by atomic mass is 10.1. The molecule has 0 aliphatic rings. The number of rotatable bonds is 7.